The number of sulfonamides is 1. The standard InChI is InChI=1S/C25H27IN4O5S/c1-2-35-24(31)16-17-30(29-36(33,34)22-14-11-20(26)12-15-22)25(32)19-9-6-18(7-10-19)8-13-21-4-3-5-23(27)28-21/h3-7,9-12,14-15,29H,2,8,13,16-17H2,1H3,(H2,27,28). The highest BCUT2D eigenvalue weighted by Crippen LogP contribution is 2.15. The maximum absolute atomic E-state index is 13.2. The minimum absolute atomic E-state index is 0.00218. The molecule has 0 saturated carbocycles. The van der Waals surface area contributed by atoms with E-state index in [1.807, 2.05) is 12.1 Å². The third kappa shape index (κ3) is 8.00. The molecule has 0 bridgehead atoms. The van der Waals surface area contributed by atoms with Crippen molar-refractivity contribution < 1.29 is 22.7 Å². The van der Waals surface area contributed by atoms with Crippen LogP contribution in [0, 0.1) is 3.57 Å². The quantitative estimate of drug-likeness (QED) is 0.191. The molecule has 3 N–H and O–H groups in total. The molecule has 190 valence electrons. The van der Waals surface area contributed by atoms with Gasteiger partial charge in [0, 0.05) is 21.4 Å². The zero-order valence-corrected chi connectivity index (χ0v) is 22.7. The predicted octanol–water partition coefficient (Wildman–Crippen LogP) is 3.34. The number of carbonyl (C=O) groups is 2. The van der Waals surface area contributed by atoms with Crippen LogP contribution in [0.4, 0.5) is 5.82 Å². The number of rotatable bonds is 11. The second-order valence-electron chi connectivity index (χ2n) is 7.81. The minimum Gasteiger partial charge on any atom is -0.466 e. The van der Waals surface area contributed by atoms with Crippen LogP contribution in [0.5, 0.6) is 0 Å². The highest BCUT2D eigenvalue weighted by molar-refractivity contribution is 14.1. The fourth-order valence-electron chi connectivity index (χ4n) is 3.32. The van der Waals surface area contributed by atoms with Crippen LogP contribution >= 0.6 is 22.6 Å². The molecule has 3 aromatic rings. The predicted molar refractivity (Wildman–Crippen MR) is 144 cm³/mol. The van der Waals surface area contributed by atoms with Crippen LogP contribution in [0.25, 0.3) is 0 Å². The first-order valence-corrected chi connectivity index (χ1v) is 13.8. The number of nitrogens with one attached hydrogen (secondary N) is 1. The van der Waals surface area contributed by atoms with E-state index in [-0.39, 0.29) is 30.0 Å². The van der Waals surface area contributed by atoms with Gasteiger partial charge in [-0.3, -0.25) is 14.6 Å². The van der Waals surface area contributed by atoms with Gasteiger partial charge in [-0.05, 0) is 96.5 Å². The van der Waals surface area contributed by atoms with E-state index in [0.29, 0.717) is 18.7 Å². The number of carbonyl (C=O) groups excluding carboxylic acids is 2. The summed E-state index contributed by atoms with van der Waals surface area (Å²) in [5.41, 5.74) is 7.84. The summed E-state index contributed by atoms with van der Waals surface area (Å²) >= 11 is 2.07. The van der Waals surface area contributed by atoms with Gasteiger partial charge in [-0.15, -0.1) is 4.83 Å². The van der Waals surface area contributed by atoms with Gasteiger partial charge in [-0.1, -0.05) is 18.2 Å². The molecule has 0 fully saturated rings. The summed E-state index contributed by atoms with van der Waals surface area (Å²) < 4.78 is 31.6. The molecule has 0 aliphatic rings. The van der Waals surface area contributed by atoms with Gasteiger partial charge < -0.3 is 10.5 Å². The van der Waals surface area contributed by atoms with Crippen molar-refractivity contribution in [2.75, 3.05) is 18.9 Å². The van der Waals surface area contributed by atoms with E-state index in [1.165, 1.54) is 12.1 Å². The van der Waals surface area contributed by atoms with Gasteiger partial charge in [0.15, 0.2) is 0 Å². The molecule has 0 unspecified atom stereocenters. The Hall–Kier alpha value is -3.03. The number of hydrogen-bond acceptors (Lipinski definition) is 7. The van der Waals surface area contributed by atoms with Crippen LogP contribution in [0.3, 0.4) is 0 Å². The molecule has 1 aromatic heterocycles. The number of benzene rings is 2. The normalized spacial score (nSPS) is 11.2. The van der Waals surface area contributed by atoms with Crippen LogP contribution in [0.15, 0.2) is 71.6 Å². The Balaban J connectivity index is 1.74. The first-order chi connectivity index (χ1) is 17.2. The average Bonchev–Trinajstić information content (AvgIpc) is 2.85. The number of nitrogens with zero attached hydrogens (tertiary/aromatic N) is 2. The van der Waals surface area contributed by atoms with E-state index in [9.17, 15) is 18.0 Å². The Morgan fingerprint density at radius 2 is 1.72 bits per heavy atom. The van der Waals surface area contributed by atoms with Crippen molar-refractivity contribution in [1.82, 2.24) is 14.8 Å². The number of pyridine rings is 1. The molecule has 0 aliphatic carbocycles. The van der Waals surface area contributed by atoms with Crippen molar-refractivity contribution in [2.45, 2.75) is 31.1 Å². The first kappa shape index (κ1) is 27.6. The summed E-state index contributed by atoms with van der Waals surface area (Å²) in [6.07, 6.45) is 1.21. The summed E-state index contributed by atoms with van der Waals surface area (Å²) in [7, 11) is -4.06. The van der Waals surface area contributed by atoms with Crippen molar-refractivity contribution in [3.8, 4) is 0 Å². The Kier molecular flexibility index (Phi) is 9.79. The van der Waals surface area contributed by atoms with Gasteiger partial charge in [0.25, 0.3) is 15.9 Å². The van der Waals surface area contributed by atoms with E-state index in [1.54, 1.807) is 49.4 Å². The lowest BCUT2D eigenvalue weighted by Crippen LogP contribution is -2.47. The van der Waals surface area contributed by atoms with Crippen molar-refractivity contribution >= 4 is 50.3 Å². The number of halogens is 1. The lowest BCUT2D eigenvalue weighted by molar-refractivity contribution is -0.143. The van der Waals surface area contributed by atoms with Crippen molar-refractivity contribution in [3.05, 3.63) is 87.1 Å². The van der Waals surface area contributed by atoms with E-state index in [2.05, 4.69) is 32.4 Å². The van der Waals surface area contributed by atoms with Crippen LogP contribution in [-0.2, 0) is 32.4 Å². The van der Waals surface area contributed by atoms with Gasteiger partial charge in [0.2, 0.25) is 0 Å². The summed E-state index contributed by atoms with van der Waals surface area (Å²) in [5.74, 6) is -0.657. The number of nitrogen functional groups attached to an aromatic ring is 1. The van der Waals surface area contributed by atoms with Crippen LogP contribution < -0.4 is 10.6 Å². The van der Waals surface area contributed by atoms with Crippen LogP contribution in [0.2, 0.25) is 0 Å². The van der Waals surface area contributed by atoms with E-state index >= 15 is 0 Å². The fourth-order valence-corrected chi connectivity index (χ4v) is 4.74. The van der Waals surface area contributed by atoms with Crippen molar-refractivity contribution in [2.24, 2.45) is 0 Å². The number of anilines is 1. The number of esters is 1. The third-order valence-corrected chi connectivity index (χ3v) is 7.22. The number of aryl methyl sites for hydroxylation is 2. The summed E-state index contributed by atoms with van der Waals surface area (Å²) in [6, 6.07) is 18.5. The number of hydrazine groups is 1. The molecule has 0 saturated heterocycles. The third-order valence-electron chi connectivity index (χ3n) is 5.14. The molecule has 11 heteroatoms. The second-order valence-corrected chi connectivity index (χ2v) is 10.7. The lowest BCUT2D eigenvalue weighted by Gasteiger charge is -2.23. The Morgan fingerprint density at radius 1 is 1.03 bits per heavy atom. The van der Waals surface area contributed by atoms with Gasteiger partial charge >= 0.3 is 5.97 Å². The second kappa shape index (κ2) is 12.8. The van der Waals surface area contributed by atoms with Gasteiger partial charge in [0.05, 0.1) is 17.9 Å². The molecular formula is C25H27IN4O5S. The molecule has 1 heterocycles. The number of aromatic nitrogens is 1. The molecule has 0 aliphatic heterocycles. The molecule has 2 aromatic carbocycles. The first-order valence-electron chi connectivity index (χ1n) is 11.2. The molecule has 0 radical (unpaired) electrons. The number of hydrogen-bond donors (Lipinski definition) is 2. The maximum atomic E-state index is 13.2. The fraction of sp³-hybridized carbons (Fsp3) is 0.240. The van der Waals surface area contributed by atoms with Gasteiger partial charge in [-0.2, -0.15) is 0 Å². The van der Waals surface area contributed by atoms with E-state index < -0.39 is 21.9 Å². The zero-order chi connectivity index (χ0) is 26.1. The van der Waals surface area contributed by atoms with E-state index in [0.717, 1.165) is 19.8 Å². The van der Waals surface area contributed by atoms with Crippen molar-refractivity contribution in [3.63, 3.8) is 0 Å². The Bertz CT molecular complexity index is 1300. The Labute approximate surface area is 224 Å². The van der Waals surface area contributed by atoms with E-state index in [4.69, 9.17) is 10.5 Å². The van der Waals surface area contributed by atoms with Crippen molar-refractivity contribution in [1.29, 1.82) is 0 Å². The van der Waals surface area contributed by atoms with Gasteiger partial charge in [-0.25, -0.2) is 13.4 Å². The molecule has 36 heavy (non-hydrogen) atoms. The average molecular weight is 622 g/mol. The van der Waals surface area contributed by atoms with Crippen LogP contribution in [-0.4, -0.2) is 43.4 Å². The summed E-state index contributed by atoms with van der Waals surface area (Å²) in [4.78, 5) is 31.7. The monoisotopic (exact) mass is 622 g/mol. The number of nitrogens with two attached hydrogens (primary N) is 1. The smallest absolute Gasteiger partial charge is 0.307 e. The highest BCUT2D eigenvalue weighted by Gasteiger charge is 2.24. The number of amides is 1. The maximum Gasteiger partial charge on any atom is 0.307 e. The summed E-state index contributed by atoms with van der Waals surface area (Å²) in [5, 5.41) is 0.926. The Morgan fingerprint density at radius 3 is 2.36 bits per heavy atom. The molecule has 1 amide bonds. The number of ether oxygens (including phenoxy) is 1. The molecular weight excluding hydrogens is 595 g/mol. The lowest BCUT2D eigenvalue weighted by atomic mass is 10.1. The topological polar surface area (TPSA) is 132 Å². The molecule has 9 nitrogen and oxygen atoms in total. The SMILES string of the molecule is CCOC(=O)CCN(NS(=O)(=O)c1ccc(I)cc1)C(=O)c1ccc(CCc2cccc(N)n2)cc1. The molecule has 3 rings (SSSR count). The summed E-state index contributed by atoms with van der Waals surface area (Å²) in [6.45, 7) is 1.67. The zero-order valence-electron chi connectivity index (χ0n) is 19.7. The largest absolute Gasteiger partial charge is 0.466 e. The molecule has 0 atom stereocenters. The minimum atomic E-state index is -4.06. The van der Waals surface area contributed by atoms with Gasteiger partial charge in [0.1, 0.15) is 5.82 Å². The van der Waals surface area contributed by atoms with Crippen LogP contribution in [0.1, 0.15) is 35.0 Å². The highest BCUT2D eigenvalue weighted by atomic mass is 127. The molecule has 0 spiro atoms.